The van der Waals surface area contributed by atoms with Crippen LogP contribution >= 0.6 is 0 Å². The Morgan fingerprint density at radius 3 is 2.50 bits per heavy atom. The van der Waals surface area contributed by atoms with Gasteiger partial charge in [-0.05, 0) is 86.4 Å². The molecule has 3 aliphatic rings. The maximum Gasteiger partial charge on any atom is 0.247 e. The molecule has 12 heteroatoms. The summed E-state index contributed by atoms with van der Waals surface area (Å²) in [4.78, 5) is 28.0. The van der Waals surface area contributed by atoms with Gasteiger partial charge < -0.3 is 15.4 Å². The Balaban J connectivity index is 1.11. The van der Waals surface area contributed by atoms with E-state index in [9.17, 15) is 9.59 Å². The lowest BCUT2D eigenvalue weighted by atomic mass is 9.77. The van der Waals surface area contributed by atoms with Crippen molar-refractivity contribution in [2.24, 2.45) is 5.10 Å². The van der Waals surface area contributed by atoms with Crippen LogP contribution < -0.4 is 10.6 Å². The van der Waals surface area contributed by atoms with Crippen LogP contribution in [0.2, 0.25) is 25.7 Å². The number of amides is 2. The number of hydrogen-bond donors (Lipinski definition) is 2. The zero-order valence-corrected chi connectivity index (χ0v) is 32.4. The van der Waals surface area contributed by atoms with Gasteiger partial charge >= 0.3 is 0 Å². The molecule has 1 fully saturated rings. The molecule has 2 aromatic carbocycles. The maximum absolute atomic E-state index is 14.3. The number of benzene rings is 2. The average Bonchev–Trinajstić information content (AvgIpc) is 3.55. The normalized spacial score (nSPS) is 19.1. The molecule has 2 unspecified atom stereocenters. The van der Waals surface area contributed by atoms with Crippen molar-refractivity contribution in [2.75, 3.05) is 19.0 Å². The van der Waals surface area contributed by atoms with Gasteiger partial charge in [-0.15, -0.1) is 0 Å². The third-order valence-electron chi connectivity index (χ3n) is 10.7. The molecule has 0 saturated heterocycles. The standard InChI is InChI=1S/C40H52N8O3Si/c1-26-37(27(2)48(45-26)25-51-20-21-52(4,5)6)29-12-14-32(15-13-29)43-40(50)38(44-39(49)36-18-19-41-46(36)3)34-9-7-8-28-10-11-30(22-35(28)34)31-23-42-47(24-31)33-16-17-33/h10-15,19,22-24,33-34,36,38H,7-9,16-18,20-21,25H2,1-6H3,(H,43,50)(H,44,49)/t34?,36?,38-/m0/s1. The van der Waals surface area contributed by atoms with E-state index in [1.54, 1.807) is 18.3 Å². The first kappa shape index (κ1) is 35.8. The van der Waals surface area contributed by atoms with Gasteiger partial charge in [0.1, 0.15) is 18.8 Å². The molecule has 3 heterocycles. The van der Waals surface area contributed by atoms with E-state index in [-0.39, 0.29) is 17.7 Å². The Morgan fingerprint density at radius 2 is 1.79 bits per heavy atom. The first-order valence-corrected chi connectivity index (χ1v) is 22.4. The monoisotopic (exact) mass is 720 g/mol. The lowest BCUT2D eigenvalue weighted by molar-refractivity contribution is -0.130. The van der Waals surface area contributed by atoms with Crippen molar-refractivity contribution in [2.45, 2.75) is 109 Å². The minimum absolute atomic E-state index is 0.192. The number of nitrogens with zero attached hydrogens (tertiary/aromatic N) is 6. The highest BCUT2D eigenvalue weighted by Crippen LogP contribution is 2.39. The second-order valence-electron chi connectivity index (χ2n) is 15.9. The molecule has 52 heavy (non-hydrogen) atoms. The molecule has 2 amide bonds. The number of anilines is 1. The van der Waals surface area contributed by atoms with Gasteiger partial charge in [-0.2, -0.15) is 15.3 Å². The number of hydrazone groups is 1. The predicted octanol–water partition coefficient (Wildman–Crippen LogP) is 6.91. The van der Waals surface area contributed by atoms with Crippen LogP contribution in [-0.4, -0.2) is 76.4 Å². The SMILES string of the molecule is Cc1nn(COCC[Si](C)(C)C)c(C)c1-c1ccc(NC(=O)[C@@H](NC(=O)C2CC=NN2C)C2CCCc3ccc(-c4cnn(C5CC5)c4)cc32)cc1. The van der Waals surface area contributed by atoms with Crippen LogP contribution in [0.1, 0.15) is 66.6 Å². The van der Waals surface area contributed by atoms with E-state index in [0.717, 1.165) is 71.1 Å². The van der Waals surface area contributed by atoms with Gasteiger partial charge in [0.05, 0.1) is 17.9 Å². The van der Waals surface area contributed by atoms with Crippen molar-refractivity contribution < 1.29 is 14.3 Å². The molecule has 2 aromatic heterocycles. The highest BCUT2D eigenvalue weighted by atomic mass is 28.3. The number of aryl methyl sites for hydroxylation is 2. The number of nitrogens with one attached hydrogen (secondary N) is 2. The molecule has 1 aliphatic heterocycles. The van der Waals surface area contributed by atoms with Gasteiger partial charge in [-0.3, -0.25) is 19.3 Å². The predicted molar refractivity (Wildman–Crippen MR) is 208 cm³/mol. The summed E-state index contributed by atoms with van der Waals surface area (Å²) in [5.74, 6) is -0.623. The van der Waals surface area contributed by atoms with E-state index < -0.39 is 20.2 Å². The lowest BCUT2D eigenvalue weighted by Gasteiger charge is -2.33. The highest BCUT2D eigenvalue weighted by Gasteiger charge is 2.37. The third kappa shape index (κ3) is 7.92. The minimum Gasteiger partial charge on any atom is -0.360 e. The number of rotatable bonds is 13. The van der Waals surface area contributed by atoms with E-state index >= 15 is 0 Å². The maximum atomic E-state index is 14.3. The third-order valence-corrected chi connectivity index (χ3v) is 12.4. The summed E-state index contributed by atoms with van der Waals surface area (Å²) in [6, 6.07) is 14.8. The zero-order valence-electron chi connectivity index (χ0n) is 31.4. The van der Waals surface area contributed by atoms with Crippen molar-refractivity contribution in [1.29, 1.82) is 0 Å². The summed E-state index contributed by atoms with van der Waals surface area (Å²) < 4.78 is 9.98. The van der Waals surface area contributed by atoms with Gasteiger partial charge in [0.25, 0.3) is 0 Å². The molecule has 0 bridgehead atoms. The number of carbonyl (C=O) groups excluding carboxylic acids is 2. The van der Waals surface area contributed by atoms with Crippen molar-refractivity contribution in [3.63, 3.8) is 0 Å². The second-order valence-corrected chi connectivity index (χ2v) is 21.5. The Hall–Kier alpha value is -4.55. The molecule has 3 atom stereocenters. The molecule has 4 aromatic rings. The Kier molecular flexibility index (Phi) is 10.2. The molecular formula is C40H52N8O3Si. The summed E-state index contributed by atoms with van der Waals surface area (Å²) in [5.41, 5.74) is 9.22. The smallest absolute Gasteiger partial charge is 0.247 e. The molecule has 2 aliphatic carbocycles. The number of aromatic nitrogens is 4. The molecule has 11 nitrogen and oxygen atoms in total. The lowest BCUT2D eigenvalue weighted by Crippen LogP contribution is -2.52. The number of fused-ring (bicyclic) bond motifs is 1. The fraction of sp³-hybridized carbons (Fsp3) is 0.475. The Bertz CT molecular complexity index is 1960. The van der Waals surface area contributed by atoms with Crippen LogP contribution in [0.5, 0.6) is 0 Å². The van der Waals surface area contributed by atoms with E-state index in [2.05, 4.69) is 76.5 Å². The summed E-state index contributed by atoms with van der Waals surface area (Å²) in [6.45, 7) is 12.3. The molecule has 7 rings (SSSR count). The summed E-state index contributed by atoms with van der Waals surface area (Å²) >= 11 is 0. The fourth-order valence-electron chi connectivity index (χ4n) is 7.48. The minimum atomic E-state index is -1.17. The van der Waals surface area contributed by atoms with E-state index in [0.29, 0.717) is 24.9 Å². The average molecular weight is 721 g/mol. The number of likely N-dealkylation sites (N-methyl/N-ethyl adjacent to an activating group) is 1. The quantitative estimate of drug-likeness (QED) is 0.115. The largest absolute Gasteiger partial charge is 0.360 e. The topological polar surface area (TPSA) is 119 Å². The molecular weight excluding hydrogens is 669 g/mol. The van der Waals surface area contributed by atoms with Crippen LogP contribution in [-0.2, 0) is 27.5 Å². The van der Waals surface area contributed by atoms with Gasteiger partial charge in [0.15, 0.2) is 0 Å². The van der Waals surface area contributed by atoms with Crippen molar-refractivity contribution in [1.82, 2.24) is 29.9 Å². The van der Waals surface area contributed by atoms with E-state index in [4.69, 9.17) is 9.84 Å². The second kappa shape index (κ2) is 14.8. The van der Waals surface area contributed by atoms with Gasteiger partial charge in [-0.25, -0.2) is 4.68 Å². The van der Waals surface area contributed by atoms with Crippen molar-refractivity contribution >= 4 is 31.8 Å². The van der Waals surface area contributed by atoms with Crippen LogP contribution in [0.4, 0.5) is 5.69 Å². The van der Waals surface area contributed by atoms with Gasteiger partial charge in [-0.1, -0.05) is 50.0 Å². The summed E-state index contributed by atoms with van der Waals surface area (Å²) in [7, 11) is 0.629. The fourth-order valence-corrected chi connectivity index (χ4v) is 8.24. The van der Waals surface area contributed by atoms with Crippen molar-refractivity contribution in [3.8, 4) is 22.3 Å². The zero-order chi connectivity index (χ0) is 36.6. The van der Waals surface area contributed by atoms with Gasteiger partial charge in [0.2, 0.25) is 11.8 Å². The highest BCUT2D eigenvalue weighted by molar-refractivity contribution is 6.76. The first-order valence-electron chi connectivity index (χ1n) is 18.7. The molecule has 274 valence electrons. The number of carbonyl (C=O) groups is 2. The molecule has 1 saturated carbocycles. The molecule has 0 spiro atoms. The van der Waals surface area contributed by atoms with Crippen molar-refractivity contribution in [3.05, 3.63) is 77.4 Å². The Morgan fingerprint density at radius 1 is 1.02 bits per heavy atom. The van der Waals surface area contributed by atoms with E-state index in [1.807, 2.05) is 42.1 Å². The number of ether oxygens (including phenoxy) is 1. The first-order chi connectivity index (χ1) is 24.9. The van der Waals surface area contributed by atoms with Crippen LogP contribution in [0.25, 0.3) is 22.3 Å². The molecule has 0 radical (unpaired) electrons. The summed E-state index contributed by atoms with van der Waals surface area (Å²) in [6.07, 6.45) is 11.3. The molecule has 2 N–H and O–H groups in total. The van der Waals surface area contributed by atoms with Crippen LogP contribution in [0.3, 0.4) is 0 Å². The summed E-state index contributed by atoms with van der Waals surface area (Å²) in [5, 5.41) is 21.7. The van der Waals surface area contributed by atoms with E-state index in [1.165, 1.54) is 18.4 Å². The number of hydrogen-bond acceptors (Lipinski definition) is 7. The van der Waals surface area contributed by atoms with Crippen LogP contribution in [0, 0.1) is 13.8 Å². The van der Waals surface area contributed by atoms with Crippen LogP contribution in [0.15, 0.2) is 60.0 Å². The Labute approximate surface area is 307 Å². The van der Waals surface area contributed by atoms with Gasteiger partial charge in [0, 0.05) is 69.0 Å².